The Morgan fingerprint density at radius 2 is 2.06 bits per heavy atom. The summed E-state index contributed by atoms with van der Waals surface area (Å²) >= 11 is 8.39. The van der Waals surface area contributed by atoms with Gasteiger partial charge in [0.15, 0.2) is 0 Å². The zero-order chi connectivity index (χ0) is 13.1. The predicted molar refractivity (Wildman–Crippen MR) is 81.6 cm³/mol. The summed E-state index contributed by atoms with van der Waals surface area (Å²) < 4.78 is 15.8. The van der Waals surface area contributed by atoms with Crippen molar-refractivity contribution in [3.63, 3.8) is 0 Å². The summed E-state index contributed by atoms with van der Waals surface area (Å²) in [6, 6.07) is 7.26. The monoisotopic (exact) mass is 391 g/mol. The van der Waals surface area contributed by atoms with E-state index in [1.165, 1.54) is 10.9 Å². The van der Waals surface area contributed by atoms with Crippen LogP contribution < -0.4 is 5.32 Å². The average molecular weight is 393 g/mol. The molecule has 1 aromatic heterocycles. The van der Waals surface area contributed by atoms with Crippen LogP contribution in [0.2, 0.25) is 0 Å². The molecule has 1 unspecified atom stereocenters. The number of likely N-dealkylation sites (N-methyl/N-ethyl adjacent to an activating group) is 1. The van der Waals surface area contributed by atoms with Gasteiger partial charge in [-0.1, -0.05) is 22.0 Å². The predicted octanol–water partition coefficient (Wildman–Crippen LogP) is 4.92. The van der Waals surface area contributed by atoms with Crippen LogP contribution in [0.25, 0.3) is 0 Å². The van der Waals surface area contributed by atoms with Crippen LogP contribution in [-0.4, -0.2) is 7.05 Å². The second-order valence-corrected chi connectivity index (χ2v) is 6.77. The third-order valence-corrected chi connectivity index (χ3v) is 4.93. The normalized spacial score (nSPS) is 12.7. The lowest BCUT2D eigenvalue weighted by molar-refractivity contribution is 0.536. The highest BCUT2D eigenvalue weighted by Gasteiger charge is 2.15. The molecule has 0 fully saturated rings. The van der Waals surface area contributed by atoms with Crippen molar-refractivity contribution >= 4 is 43.2 Å². The van der Waals surface area contributed by atoms with Crippen molar-refractivity contribution in [3.05, 3.63) is 54.8 Å². The molecule has 0 saturated heterocycles. The summed E-state index contributed by atoms with van der Waals surface area (Å²) in [4.78, 5) is 1.23. The number of thiophene rings is 1. The Morgan fingerprint density at radius 1 is 1.28 bits per heavy atom. The summed E-state index contributed by atoms with van der Waals surface area (Å²) in [5, 5.41) is 5.21. The van der Waals surface area contributed by atoms with Crippen LogP contribution in [0, 0.1) is 5.82 Å². The van der Waals surface area contributed by atoms with Crippen molar-refractivity contribution in [2.45, 2.75) is 12.5 Å². The van der Waals surface area contributed by atoms with Gasteiger partial charge in [0.1, 0.15) is 5.82 Å². The third-order valence-electron chi connectivity index (χ3n) is 2.71. The molecule has 2 aromatic rings. The molecule has 0 aliphatic heterocycles. The molecule has 0 aliphatic rings. The molecule has 1 atom stereocenters. The maximum atomic E-state index is 13.9. The summed E-state index contributed by atoms with van der Waals surface area (Å²) in [5.41, 5.74) is 0.699. The van der Waals surface area contributed by atoms with Crippen LogP contribution in [0.5, 0.6) is 0 Å². The zero-order valence-electron chi connectivity index (χ0n) is 9.71. The number of benzene rings is 1. The largest absolute Gasteiger partial charge is 0.313 e. The van der Waals surface area contributed by atoms with E-state index < -0.39 is 0 Å². The smallest absolute Gasteiger partial charge is 0.129 e. The second kappa shape index (κ2) is 6.28. The van der Waals surface area contributed by atoms with Gasteiger partial charge in [0.25, 0.3) is 0 Å². The van der Waals surface area contributed by atoms with E-state index in [9.17, 15) is 4.39 Å². The maximum Gasteiger partial charge on any atom is 0.129 e. The molecule has 0 radical (unpaired) electrons. The quantitative estimate of drug-likeness (QED) is 0.778. The molecule has 0 amide bonds. The van der Waals surface area contributed by atoms with Crippen molar-refractivity contribution < 1.29 is 4.39 Å². The van der Waals surface area contributed by atoms with E-state index in [0.717, 1.165) is 15.4 Å². The molecule has 2 rings (SSSR count). The molecular weight excluding hydrogens is 381 g/mol. The number of hydrogen-bond acceptors (Lipinski definition) is 2. The molecule has 1 aromatic carbocycles. The Morgan fingerprint density at radius 3 is 2.61 bits per heavy atom. The number of halogens is 3. The Kier molecular flexibility index (Phi) is 4.95. The first-order valence-corrected chi connectivity index (χ1v) is 7.92. The van der Waals surface area contributed by atoms with Gasteiger partial charge in [-0.3, -0.25) is 0 Å². The SMILES string of the molecule is CNC(Cc1cc(Br)cs1)c1ccc(Br)cc1F. The molecule has 1 N–H and O–H groups in total. The van der Waals surface area contributed by atoms with Crippen molar-refractivity contribution in [3.8, 4) is 0 Å². The topological polar surface area (TPSA) is 12.0 Å². The standard InChI is InChI=1S/C13H12Br2FNS/c1-17-13(6-10-4-9(15)7-18-10)11-3-2-8(14)5-12(11)16/h2-5,7,13,17H,6H2,1H3. The van der Waals surface area contributed by atoms with Crippen LogP contribution in [0.3, 0.4) is 0 Å². The molecule has 5 heteroatoms. The minimum absolute atomic E-state index is 0.0105. The van der Waals surface area contributed by atoms with Crippen molar-refractivity contribution in [2.24, 2.45) is 0 Å². The Balaban J connectivity index is 2.22. The number of hydrogen-bond donors (Lipinski definition) is 1. The Bertz CT molecular complexity index is 542. The van der Waals surface area contributed by atoms with E-state index in [0.29, 0.717) is 5.56 Å². The van der Waals surface area contributed by atoms with Crippen molar-refractivity contribution in [2.75, 3.05) is 7.05 Å². The van der Waals surface area contributed by atoms with E-state index in [2.05, 4.69) is 43.2 Å². The van der Waals surface area contributed by atoms with Crippen LogP contribution >= 0.6 is 43.2 Å². The molecule has 0 aliphatic carbocycles. The van der Waals surface area contributed by atoms with E-state index in [-0.39, 0.29) is 11.9 Å². The summed E-state index contributed by atoms with van der Waals surface area (Å²) in [7, 11) is 1.86. The minimum Gasteiger partial charge on any atom is -0.313 e. The fraction of sp³-hybridized carbons (Fsp3) is 0.231. The van der Waals surface area contributed by atoms with Gasteiger partial charge in [-0.25, -0.2) is 4.39 Å². The number of rotatable bonds is 4. The van der Waals surface area contributed by atoms with Crippen molar-refractivity contribution in [1.29, 1.82) is 0 Å². The summed E-state index contributed by atoms with van der Waals surface area (Å²) in [6.45, 7) is 0. The zero-order valence-corrected chi connectivity index (χ0v) is 13.7. The highest BCUT2D eigenvalue weighted by Crippen LogP contribution is 2.27. The van der Waals surface area contributed by atoms with Gasteiger partial charge in [0, 0.05) is 37.2 Å². The van der Waals surface area contributed by atoms with Gasteiger partial charge in [0.2, 0.25) is 0 Å². The number of nitrogens with one attached hydrogen (secondary N) is 1. The molecular formula is C13H12Br2FNS. The van der Waals surface area contributed by atoms with E-state index in [1.54, 1.807) is 11.3 Å². The molecule has 18 heavy (non-hydrogen) atoms. The fourth-order valence-electron chi connectivity index (χ4n) is 1.81. The highest BCUT2D eigenvalue weighted by atomic mass is 79.9. The first-order chi connectivity index (χ1) is 8.60. The average Bonchev–Trinajstić information content (AvgIpc) is 2.72. The van der Waals surface area contributed by atoms with Crippen LogP contribution in [0.1, 0.15) is 16.5 Å². The molecule has 0 bridgehead atoms. The first kappa shape index (κ1) is 14.2. The lowest BCUT2D eigenvalue weighted by Gasteiger charge is -2.16. The summed E-state index contributed by atoms with van der Waals surface area (Å²) in [6.07, 6.45) is 0.783. The molecule has 0 saturated carbocycles. The van der Waals surface area contributed by atoms with E-state index >= 15 is 0 Å². The van der Waals surface area contributed by atoms with Crippen LogP contribution in [0.4, 0.5) is 4.39 Å². The molecule has 1 nitrogen and oxygen atoms in total. The van der Waals surface area contributed by atoms with Gasteiger partial charge in [-0.15, -0.1) is 11.3 Å². The summed E-state index contributed by atoms with van der Waals surface area (Å²) in [5.74, 6) is -0.181. The van der Waals surface area contributed by atoms with Crippen molar-refractivity contribution in [1.82, 2.24) is 5.32 Å². The lowest BCUT2D eigenvalue weighted by Crippen LogP contribution is -2.19. The third kappa shape index (κ3) is 3.41. The van der Waals surface area contributed by atoms with Crippen LogP contribution in [-0.2, 0) is 6.42 Å². The lowest BCUT2D eigenvalue weighted by atomic mass is 10.0. The molecule has 0 spiro atoms. The maximum absolute atomic E-state index is 13.9. The Hall–Kier alpha value is -0.230. The molecule has 96 valence electrons. The van der Waals surface area contributed by atoms with Gasteiger partial charge in [0.05, 0.1) is 0 Å². The second-order valence-electron chi connectivity index (χ2n) is 3.94. The van der Waals surface area contributed by atoms with Gasteiger partial charge >= 0.3 is 0 Å². The van der Waals surface area contributed by atoms with E-state index in [1.807, 2.05) is 24.6 Å². The minimum atomic E-state index is -0.181. The first-order valence-electron chi connectivity index (χ1n) is 5.45. The Labute approximate surface area is 127 Å². The van der Waals surface area contributed by atoms with Crippen LogP contribution in [0.15, 0.2) is 38.6 Å². The van der Waals surface area contributed by atoms with Gasteiger partial charge in [-0.2, -0.15) is 0 Å². The highest BCUT2D eigenvalue weighted by molar-refractivity contribution is 9.10. The fourth-order valence-corrected chi connectivity index (χ4v) is 3.64. The molecule has 1 heterocycles. The van der Waals surface area contributed by atoms with Gasteiger partial charge < -0.3 is 5.32 Å². The van der Waals surface area contributed by atoms with E-state index in [4.69, 9.17) is 0 Å². The van der Waals surface area contributed by atoms with Gasteiger partial charge in [-0.05, 0) is 41.2 Å².